The monoisotopic (exact) mass is 339 g/mol. The van der Waals surface area contributed by atoms with Crippen LogP contribution in [-0.4, -0.2) is 18.1 Å². The lowest BCUT2D eigenvalue weighted by atomic mass is 10.0. The van der Waals surface area contributed by atoms with Gasteiger partial charge in [-0.2, -0.15) is 0 Å². The van der Waals surface area contributed by atoms with E-state index in [2.05, 4.69) is 12.2 Å². The van der Waals surface area contributed by atoms with E-state index in [0.29, 0.717) is 5.75 Å². The maximum atomic E-state index is 12.4. The van der Waals surface area contributed by atoms with E-state index in [1.54, 1.807) is 0 Å². The van der Waals surface area contributed by atoms with Gasteiger partial charge in [0.2, 0.25) is 0 Å². The molecule has 4 heteroatoms. The lowest BCUT2D eigenvalue weighted by Gasteiger charge is -2.18. The second-order valence-corrected chi connectivity index (χ2v) is 7.08. The Hall–Kier alpha value is -2.49. The normalized spacial score (nSPS) is 14.6. The van der Waals surface area contributed by atoms with Crippen LogP contribution in [0.25, 0.3) is 0 Å². The topological polar surface area (TPSA) is 47.6 Å². The van der Waals surface area contributed by atoms with Crippen molar-refractivity contribution in [3.8, 4) is 11.5 Å². The van der Waals surface area contributed by atoms with E-state index in [9.17, 15) is 4.79 Å². The Balaban J connectivity index is 1.68. The molecule has 25 heavy (non-hydrogen) atoms. The molecule has 1 aliphatic heterocycles. The molecule has 0 spiro atoms. The van der Waals surface area contributed by atoms with Gasteiger partial charge in [0.05, 0.1) is 0 Å². The number of anilines is 1. The lowest BCUT2D eigenvalue weighted by Crippen LogP contribution is -2.25. The fourth-order valence-corrected chi connectivity index (χ4v) is 3.22. The molecular weight excluding hydrogens is 314 g/mol. The number of carbonyl (C=O) groups is 1. The number of hydrogen-bond donors (Lipinski definition) is 1. The van der Waals surface area contributed by atoms with Crippen LogP contribution in [0.1, 0.15) is 37.5 Å². The number of hydrogen-bond acceptors (Lipinski definition) is 3. The van der Waals surface area contributed by atoms with Crippen molar-refractivity contribution in [2.45, 2.75) is 46.1 Å². The number of aryl methyl sites for hydroxylation is 2. The van der Waals surface area contributed by atoms with E-state index >= 15 is 0 Å². The van der Waals surface area contributed by atoms with Crippen LogP contribution in [0.3, 0.4) is 0 Å². The molecule has 0 atom stereocenters. The van der Waals surface area contributed by atoms with E-state index in [0.717, 1.165) is 41.0 Å². The molecule has 0 fully saturated rings. The minimum atomic E-state index is -0.235. The van der Waals surface area contributed by atoms with Crippen molar-refractivity contribution in [3.05, 3.63) is 53.1 Å². The fourth-order valence-electron chi connectivity index (χ4n) is 3.22. The number of para-hydroxylation sites is 2. The van der Waals surface area contributed by atoms with Gasteiger partial charge in [-0.05, 0) is 44.4 Å². The molecule has 1 heterocycles. The molecule has 2 aromatic rings. The fraction of sp³-hybridized carbons (Fsp3) is 0.381. The number of rotatable bonds is 5. The Morgan fingerprint density at radius 1 is 1.24 bits per heavy atom. The Kier molecular flexibility index (Phi) is 4.71. The van der Waals surface area contributed by atoms with Crippen molar-refractivity contribution >= 4 is 11.6 Å². The maximum Gasteiger partial charge on any atom is 0.262 e. The number of amides is 1. The largest absolute Gasteiger partial charge is 0.483 e. The number of fused-ring (bicyclic) bond motifs is 1. The Bertz CT molecular complexity index is 796. The summed E-state index contributed by atoms with van der Waals surface area (Å²) in [7, 11) is 0. The van der Waals surface area contributed by atoms with Gasteiger partial charge in [0.15, 0.2) is 18.1 Å². The third-order valence-corrected chi connectivity index (χ3v) is 4.42. The predicted octanol–water partition coefficient (Wildman–Crippen LogP) is 4.29. The second kappa shape index (κ2) is 6.79. The smallest absolute Gasteiger partial charge is 0.262 e. The summed E-state index contributed by atoms with van der Waals surface area (Å²) in [4.78, 5) is 12.4. The van der Waals surface area contributed by atoms with Gasteiger partial charge in [-0.15, -0.1) is 0 Å². The zero-order valence-electron chi connectivity index (χ0n) is 15.3. The highest BCUT2D eigenvalue weighted by Crippen LogP contribution is 2.41. The molecule has 0 radical (unpaired) electrons. The summed E-state index contributed by atoms with van der Waals surface area (Å²) in [6.45, 7) is 8.13. The average Bonchev–Trinajstić information content (AvgIpc) is 2.89. The first-order valence-corrected chi connectivity index (χ1v) is 8.71. The van der Waals surface area contributed by atoms with Gasteiger partial charge in [-0.1, -0.05) is 37.3 Å². The van der Waals surface area contributed by atoms with Crippen LogP contribution in [0.15, 0.2) is 36.4 Å². The van der Waals surface area contributed by atoms with E-state index in [-0.39, 0.29) is 18.1 Å². The number of nitrogens with one attached hydrogen (secondary N) is 1. The van der Waals surface area contributed by atoms with Gasteiger partial charge in [-0.3, -0.25) is 4.79 Å². The minimum absolute atomic E-state index is 0.0439. The van der Waals surface area contributed by atoms with Gasteiger partial charge in [-0.25, -0.2) is 0 Å². The van der Waals surface area contributed by atoms with Crippen molar-refractivity contribution in [3.63, 3.8) is 0 Å². The summed E-state index contributed by atoms with van der Waals surface area (Å²) in [5.41, 5.74) is 3.95. The summed E-state index contributed by atoms with van der Waals surface area (Å²) in [5.74, 6) is 1.21. The molecular formula is C21H25NO3. The molecule has 0 aliphatic carbocycles. The molecule has 0 bridgehead atoms. The number of ether oxygens (including phenoxy) is 2. The van der Waals surface area contributed by atoms with E-state index < -0.39 is 0 Å². The Morgan fingerprint density at radius 2 is 2.00 bits per heavy atom. The number of carbonyl (C=O) groups excluding carboxylic acids is 1. The van der Waals surface area contributed by atoms with Crippen molar-refractivity contribution in [1.29, 1.82) is 0 Å². The number of benzene rings is 2. The van der Waals surface area contributed by atoms with Gasteiger partial charge in [0.1, 0.15) is 5.60 Å². The van der Waals surface area contributed by atoms with Crippen LogP contribution in [0.4, 0.5) is 5.69 Å². The zero-order chi connectivity index (χ0) is 18.0. The molecule has 1 amide bonds. The van der Waals surface area contributed by atoms with Gasteiger partial charge < -0.3 is 14.8 Å². The minimum Gasteiger partial charge on any atom is -0.483 e. The summed E-state index contributed by atoms with van der Waals surface area (Å²) < 4.78 is 11.7. The standard InChI is InChI=1S/C21H25NO3/c1-5-15-9-6-8-14(2)19(15)22-18(23)13-24-17-11-7-10-16-12-21(3,4)25-20(16)17/h6-11H,5,12-13H2,1-4H3,(H,22,23). The first-order chi connectivity index (χ1) is 11.9. The summed E-state index contributed by atoms with van der Waals surface area (Å²) >= 11 is 0. The highest BCUT2D eigenvalue weighted by molar-refractivity contribution is 5.93. The average molecular weight is 339 g/mol. The van der Waals surface area contributed by atoms with Crippen molar-refractivity contribution in [2.24, 2.45) is 0 Å². The van der Waals surface area contributed by atoms with Gasteiger partial charge in [0.25, 0.3) is 5.91 Å². The maximum absolute atomic E-state index is 12.4. The molecule has 1 N–H and O–H groups in total. The predicted molar refractivity (Wildman–Crippen MR) is 99.5 cm³/mol. The third kappa shape index (κ3) is 3.78. The summed E-state index contributed by atoms with van der Waals surface area (Å²) in [6.07, 6.45) is 1.71. The second-order valence-electron chi connectivity index (χ2n) is 7.08. The molecule has 3 rings (SSSR count). The highest BCUT2D eigenvalue weighted by Gasteiger charge is 2.32. The van der Waals surface area contributed by atoms with E-state index in [1.165, 1.54) is 0 Å². The Labute approximate surface area is 149 Å². The molecule has 0 unspecified atom stereocenters. The van der Waals surface area contributed by atoms with Crippen LogP contribution >= 0.6 is 0 Å². The van der Waals surface area contributed by atoms with Crippen LogP contribution in [0.5, 0.6) is 11.5 Å². The highest BCUT2D eigenvalue weighted by atomic mass is 16.5. The molecule has 132 valence electrons. The van der Waals surface area contributed by atoms with Crippen LogP contribution in [0, 0.1) is 6.92 Å². The molecule has 4 nitrogen and oxygen atoms in total. The summed E-state index contributed by atoms with van der Waals surface area (Å²) in [6, 6.07) is 11.9. The molecule has 1 aliphatic rings. The van der Waals surface area contributed by atoms with Crippen LogP contribution in [-0.2, 0) is 17.6 Å². The van der Waals surface area contributed by atoms with Gasteiger partial charge >= 0.3 is 0 Å². The first kappa shape index (κ1) is 17.3. The molecule has 2 aromatic carbocycles. The van der Waals surface area contributed by atoms with Crippen LogP contribution < -0.4 is 14.8 Å². The quantitative estimate of drug-likeness (QED) is 0.884. The van der Waals surface area contributed by atoms with Crippen molar-refractivity contribution in [1.82, 2.24) is 0 Å². The van der Waals surface area contributed by atoms with E-state index in [4.69, 9.17) is 9.47 Å². The Morgan fingerprint density at radius 3 is 2.76 bits per heavy atom. The van der Waals surface area contributed by atoms with Crippen LogP contribution in [0.2, 0.25) is 0 Å². The molecule has 0 aromatic heterocycles. The molecule has 0 saturated heterocycles. The first-order valence-electron chi connectivity index (χ1n) is 8.71. The zero-order valence-corrected chi connectivity index (χ0v) is 15.3. The summed E-state index contributed by atoms with van der Waals surface area (Å²) in [5, 5.41) is 2.98. The SMILES string of the molecule is CCc1cccc(C)c1NC(=O)COc1cccc2c1OC(C)(C)C2. The van der Waals surface area contributed by atoms with E-state index in [1.807, 2.05) is 57.2 Å². The van der Waals surface area contributed by atoms with Crippen molar-refractivity contribution in [2.75, 3.05) is 11.9 Å². The lowest BCUT2D eigenvalue weighted by molar-refractivity contribution is -0.118. The van der Waals surface area contributed by atoms with Crippen molar-refractivity contribution < 1.29 is 14.3 Å². The molecule has 0 saturated carbocycles. The van der Waals surface area contributed by atoms with Gasteiger partial charge in [0, 0.05) is 17.7 Å². The third-order valence-electron chi connectivity index (χ3n) is 4.42.